The first-order valence-corrected chi connectivity index (χ1v) is 7.84. The number of imide groups is 1. The maximum Gasteiger partial charge on any atom is 0.238 e. The summed E-state index contributed by atoms with van der Waals surface area (Å²) in [6, 6.07) is 4.86. The van der Waals surface area contributed by atoms with Crippen LogP contribution in [0.3, 0.4) is 0 Å². The van der Waals surface area contributed by atoms with Crippen molar-refractivity contribution in [2.24, 2.45) is 23.7 Å². The van der Waals surface area contributed by atoms with Crippen molar-refractivity contribution in [1.82, 2.24) is 0 Å². The maximum absolute atomic E-state index is 12.8. The molecule has 3 aliphatic carbocycles. The average Bonchev–Trinajstić information content (AvgIpc) is 2.77. The van der Waals surface area contributed by atoms with Crippen molar-refractivity contribution in [1.29, 1.82) is 0 Å². The predicted octanol–water partition coefficient (Wildman–Crippen LogP) is 3.70. The van der Waals surface area contributed by atoms with Gasteiger partial charge in [0.1, 0.15) is 0 Å². The lowest BCUT2D eigenvalue weighted by molar-refractivity contribution is -0.124. The van der Waals surface area contributed by atoms with E-state index in [1.54, 1.807) is 18.2 Å². The zero-order valence-electron chi connectivity index (χ0n) is 11.1. The number of hydrogen-bond acceptors (Lipinski definition) is 2. The van der Waals surface area contributed by atoms with Gasteiger partial charge >= 0.3 is 0 Å². The summed E-state index contributed by atoms with van der Waals surface area (Å²) in [4.78, 5) is 26.8. The smallest absolute Gasteiger partial charge is 0.238 e. The van der Waals surface area contributed by atoms with E-state index in [2.05, 4.69) is 12.2 Å². The fraction of sp³-hybridized carbons (Fsp3) is 0.375. The monoisotopic (exact) mass is 321 g/mol. The fourth-order valence-corrected chi connectivity index (χ4v) is 4.34. The Morgan fingerprint density at radius 2 is 1.52 bits per heavy atom. The molecule has 3 nitrogen and oxygen atoms in total. The Balaban J connectivity index is 1.80. The highest BCUT2D eigenvalue weighted by molar-refractivity contribution is 6.37. The quantitative estimate of drug-likeness (QED) is 0.584. The van der Waals surface area contributed by atoms with Crippen LogP contribution in [0.1, 0.15) is 12.8 Å². The largest absolute Gasteiger partial charge is 0.274 e. The number of rotatable bonds is 1. The van der Waals surface area contributed by atoms with Crippen molar-refractivity contribution in [3.63, 3.8) is 0 Å². The van der Waals surface area contributed by atoms with Crippen LogP contribution in [0, 0.1) is 23.7 Å². The number of halogens is 2. The lowest BCUT2D eigenvalue weighted by Gasteiger charge is -2.38. The van der Waals surface area contributed by atoms with Gasteiger partial charge in [-0.05, 0) is 42.9 Å². The molecule has 4 unspecified atom stereocenters. The van der Waals surface area contributed by atoms with Gasteiger partial charge in [-0.25, -0.2) is 4.90 Å². The number of amides is 2. The van der Waals surface area contributed by atoms with E-state index in [4.69, 9.17) is 23.2 Å². The van der Waals surface area contributed by atoms with Gasteiger partial charge in [-0.15, -0.1) is 0 Å². The summed E-state index contributed by atoms with van der Waals surface area (Å²) in [6.45, 7) is 0. The first kappa shape index (κ1) is 13.4. The third kappa shape index (κ3) is 1.80. The van der Waals surface area contributed by atoms with Crippen molar-refractivity contribution in [2.75, 3.05) is 4.90 Å². The molecule has 1 aromatic carbocycles. The number of anilines is 1. The van der Waals surface area contributed by atoms with Crippen LogP contribution in [0.2, 0.25) is 10.0 Å². The summed E-state index contributed by atoms with van der Waals surface area (Å²) in [6.07, 6.45) is 6.17. The van der Waals surface area contributed by atoms with Crippen molar-refractivity contribution in [3.05, 3.63) is 40.4 Å². The van der Waals surface area contributed by atoms with E-state index in [1.165, 1.54) is 4.90 Å². The summed E-state index contributed by atoms with van der Waals surface area (Å²) < 4.78 is 0. The van der Waals surface area contributed by atoms with Gasteiger partial charge in [-0.3, -0.25) is 9.59 Å². The standard InChI is InChI=1S/C16H13Cl2NO2/c17-10-5-6-11(18)12(7-10)19-15(20)13-8-1-2-9(4-3-8)14(13)16(19)21/h1-2,5-9,13-14H,3-4H2. The Hall–Kier alpha value is -1.32. The first-order valence-electron chi connectivity index (χ1n) is 7.09. The molecule has 5 rings (SSSR count). The molecule has 4 aliphatic rings. The molecular formula is C16H13Cl2NO2. The van der Waals surface area contributed by atoms with Gasteiger partial charge in [0, 0.05) is 5.02 Å². The van der Waals surface area contributed by atoms with Crippen molar-refractivity contribution in [2.45, 2.75) is 12.8 Å². The van der Waals surface area contributed by atoms with Crippen molar-refractivity contribution >= 4 is 40.7 Å². The number of fused-ring (bicyclic) bond motifs is 1. The summed E-state index contributed by atoms with van der Waals surface area (Å²) >= 11 is 12.2. The molecule has 2 amide bonds. The Morgan fingerprint density at radius 3 is 2.05 bits per heavy atom. The molecule has 1 saturated heterocycles. The van der Waals surface area contributed by atoms with Crippen molar-refractivity contribution < 1.29 is 9.59 Å². The van der Waals surface area contributed by atoms with E-state index in [0.29, 0.717) is 15.7 Å². The van der Waals surface area contributed by atoms with Gasteiger partial charge in [0.15, 0.2) is 0 Å². The normalized spacial score (nSPS) is 33.7. The number of carbonyl (C=O) groups excluding carboxylic acids is 2. The Morgan fingerprint density at radius 1 is 0.952 bits per heavy atom. The van der Waals surface area contributed by atoms with E-state index < -0.39 is 0 Å². The summed E-state index contributed by atoms with van der Waals surface area (Å²) in [7, 11) is 0. The van der Waals surface area contributed by atoms with E-state index in [0.717, 1.165) is 12.8 Å². The van der Waals surface area contributed by atoms with Crippen LogP contribution in [-0.4, -0.2) is 11.8 Å². The molecule has 21 heavy (non-hydrogen) atoms. The molecular weight excluding hydrogens is 309 g/mol. The molecule has 1 aromatic rings. The van der Waals surface area contributed by atoms with Crippen LogP contribution >= 0.6 is 23.2 Å². The topological polar surface area (TPSA) is 37.4 Å². The number of allylic oxidation sites excluding steroid dienone is 2. The zero-order valence-corrected chi connectivity index (χ0v) is 12.6. The molecule has 4 atom stereocenters. The maximum atomic E-state index is 12.8. The van der Waals surface area contributed by atoms with Crippen LogP contribution in [0.5, 0.6) is 0 Å². The molecule has 2 bridgehead atoms. The minimum Gasteiger partial charge on any atom is -0.274 e. The Bertz CT molecular complexity index is 653. The third-order valence-corrected chi connectivity index (χ3v) is 5.46. The predicted molar refractivity (Wildman–Crippen MR) is 81.3 cm³/mol. The minimum absolute atomic E-state index is 0.131. The fourth-order valence-electron chi connectivity index (χ4n) is 3.97. The highest BCUT2D eigenvalue weighted by Gasteiger charge is 2.57. The summed E-state index contributed by atoms with van der Waals surface area (Å²) in [5, 5.41) is 0.839. The van der Waals surface area contributed by atoms with E-state index in [9.17, 15) is 9.59 Å². The summed E-state index contributed by atoms with van der Waals surface area (Å²) in [5.41, 5.74) is 0.410. The summed E-state index contributed by atoms with van der Waals surface area (Å²) in [5.74, 6) is -0.354. The number of nitrogens with zero attached hydrogens (tertiary/aromatic N) is 1. The lowest BCUT2D eigenvalue weighted by atomic mass is 9.63. The Labute approximate surface area is 132 Å². The first-order chi connectivity index (χ1) is 10.1. The number of carbonyl (C=O) groups is 2. The minimum atomic E-state index is -0.226. The second-order valence-electron chi connectivity index (χ2n) is 5.95. The number of hydrogen-bond donors (Lipinski definition) is 0. The molecule has 0 aromatic heterocycles. The molecule has 1 heterocycles. The highest BCUT2D eigenvalue weighted by Crippen LogP contribution is 2.51. The molecule has 0 spiro atoms. The van der Waals surface area contributed by atoms with Crippen molar-refractivity contribution in [3.8, 4) is 0 Å². The van der Waals surface area contributed by atoms with Crippen LogP contribution in [0.15, 0.2) is 30.4 Å². The zero-order chi connectivity index (χ0) is 14.7. The van der Waals surface area contributed by atoms with Gasteiger partial charge in [0.2, 0.25) is 11.8 Å². The Kier molecular flexibility index (Phi) is 2.92. The van der Waals surface area contributed by atoms with Crippen LogP contribution < -0.4 is 4.90 Å². The van der Waals surface area contributed by atoms with E-state index in [1.807, 2.05) is 0 Å². The SMILES string of the molecule is O=C1C2C3C=CC(CC3)C2C(=O)N1c1cc(Cl)ccc1Cl. The van der Waals surface area contributed by atoms with Crippen LogP contribution in [-0.2, 0) is 9.59 Å². The van der Waals surface area contributed by atoms with Crippen LogP contribution in [0.4, 0.5) is 5.69 Å². The van der Waals surface area contributed by atoms with Gasteiger partial charge in [-0.2, -0.15) is 0 Å². The molecule has 0 radical (unpaired) electrons. The molecule has 5 heteroatoms. The van der Waals surface area contributed by atoms with E-state index >= 15 is 0 Å². The number of benzene rings is 1. The van der Waals surface area contributed by atoms with Gasteiger partial charge in [-0.1, -0.05) is 35.4 Å². The second-order valence-corrected chi connectivity index (χ2v) is 6.79. The molecule has 2 fully saturated rings. The van der Waals surface area contributed by atoms with E-state index in [-0.39, 0.29) is 35.5 Å². The molecule has 1 saturated carbocycles. The van der Waals surface area contributed by atoms with Crippen LogP contribution in [0.25, 0.3) is 0 Å². The third-order valence-electron chi connectivity index (χ3n) is 4.91. The van der Waals surface area contributed by atoms with Gasteiger partial charge < -0.3 is 0 Å². The average molecular weight is 322 g/mol. The van der Waals surface area contributed by atoms with Gasteiger partial charge in [0.25, 0.3) is 0 Å². The molecule has 108 valence electrons. The molecule has 0 N–H and O–H groups in total. The second kappa shape index (κ2) is 4.59. The lowest BCUT2D eigenvalue weighted by Crippen LogP contribution is -2.38. The highest BCUT2D eigenvalue weighted by atomic mass is 35.5. The van der Waals surface area contributed by atoms with Gasteiger partial charge in [0.05, 0.1) is 22.5 Å². The molecule has 1 aliphatic heterocycles.